The van der Waals surface area contributed by atoms with Gasteiger partial charge in [0.05, 0.1) is 0 Å². The SMILES string of the molecule is CCN(CC)S(=O)(=O)N1CCCC1(C)C(=O)O. The van der Waals surface area contributed by atoms with Crippen molar-refractivity contribution < 1.29 is 18.3 Å². The average Bonchev–Trinajstić information content (AvgIpc) is 2.63. The predicted octanol–water partition coefficient (Wildman–Crippen LogP) is 0.512. The second-order valence-corrected chi connectivity index (χ2v) is 6.20. The van der Waals surface area contributed by atoms with Gasteiger partial charge in [0.1, 0.15) is 5.54 Å². The normalized spacial score (nSPS) is 26.6. The molecule has 0 aromatic rings. The fourth-order valence-electron chi connectivity index (χ4n) is 2.21. The van der Waals surface area contributed by atoms with E-state index in [1.54, 1.807) is 13.8 Å². The number of aliphatic carboxylic acids is 1. The maximum absolute atomic E-state index is 12.3. The van der Waals surface area contributed by atoms with Gasteiger partial charge in [-0.2, -0.15) is 17.0 Å². The van der Waals surface area contributed by atoms with Crippen molar-refractivity contribution in [3.8, 4) is 0 Å². The second kappa shape index (κ2) is 4.91. The smallest absolute Gasteiger partial charge is 0.324 e. The molecule has 0 aromatic heterocycles. The molecule has 1 heterocycles. The zero-order chi connectivity index (χ0) is 13.3. The number of carboxylic acid groups (broad SMARTS) is 1. The Kier molecular flexibility index (Phi) is 4.16. The number of nitrogens with zero attached hydrogens (tertiary/aromatic N) is 2. The lowest BCUT2D eigenvalue weighted by atomic mass is 10.0. The van der Waals surface area contributed by atoms with Crippen LogP contribution in [0.2, 0.25) is 0 Å². The van der Waals surface area contributed by atoms with Gasteiger partial charge in [0.2, 0.25) is 0 Å². The Balaban J connectivity index is 3.11. The molecule has 0 saturated carbocycles. The monoisotopic (exact) mass is 264 g/mol. The molecule has 1 atom stereocenters. The Morgan fingerprint density at radius 2 is 1.94 bits per heavy atom. The average molecular weight is 264 g/mol. The van der Waals surface area contributed by atoms with E-state index in [-0.39, 0.29) is 6.54 Å². The lowest BCUT2D eigenvalue weighted by molar-refractivity contribution is -0.146. The van der Waals surface area contributed by atoms with E-state index in [0.717, 1.165) is 4.31 Å². The quantitative estimate of drug-likeness (QED) is 0.785. The third kappa shape index (κ3) is 2.31. The summed E-state index contributed by atoms with van der Waals surface area (Å²) in [6, 6.07) is 0. The maximum Gasteiger partial charge on any atom is 0.324 e. The van der Waals surface area contributed by atoms with Crippen LogP contribution < -0.4 is 0 Å². The Bertz CT molecular complexity index is 391. The minimum Gasteiger partial charge on any atom is -0.480 e. The van der Waals surface area contributed by atoms with Gasteiger partial charge < -0.3 is 5.11 Å². The molecule has 1 N–H and O–H groups in total. The molecule has 7 heteroatoms. The predicted molar refractivity (Wildman–Crippen MR) is 63.8 cm³/mol. The third-order valence-corrected chi connectivity index (χ3v) is 5.66. The highest BCUT2D eigenvalue weighted by molar-refractivity contribution is 7.86. The van der Waals surface area contributed by atoms with Gasteiger partial charge in [0, 0.05) is 19.6 Å². The van der Waals surface area contributed by atoms with Gasteiger partial charge in [-0.05, 0) is 19.8 Å². The van der Waals surface area contributed by atoms with Crippen molar-refractivity contribution in [1.29, 1.82) is 0 Å². The lowest BCUT2D eigenvalue weighted by Gasteiger charge is -2.33. The third-order valence-electron chi connectivity index (χ3n) is 3.35. The summed E-state index contributed by atoms with van der Waals surface area (Å²) in [5.41, 5.74) is -1.30. The van der Waals surface area contributed by atoms with Gasteiger partial charge in [-0.1, -0.05) is 13.8 Å². The van der Waals surface area contributed by atoms with E-state index in [0.29, 0.717) is 25.9 Å². The van der Waals surface area contributed by atoms with E-state index in [1.807, 2.05) is 0 Å². The molecular formula is C10H20N2O4S. The zero-order valence-electron chi connectivity index (χ0n) is 10.5. The highest BCUT2D eigenvalue weighted by Crippen LogP contribution is 2.33. The van der Waals surface area contributed by atoms with E-state index in [2.05, 4.69) is 0 Å². The van der Waals surface area contributed by atoms with Crippen LogP contribution in [0.5, 0.6) is 0 Å². The van der Waals surface area contributed by atoms with Crippen molar-refractivity contribution >= 4 is 16.2 Å². The number of carboxylic acids is 1. The summed E-state index contributed by atoms with van der Waals surface area (Å²) >= 11 is 0. The second-order valence-electron chi connectivity index (χ2n) is 4.35. The van der Waals surface area contributed by atoms with Crippen LogP contribution in [-0.4, -0.2) is 53.3 Å². The van der Waals surface area contributed by atoms with Gasteiger partial charge in [-0.3, -0.25) is 4.79 Å². The molecule has 0 aliphatic carbocycles. The van der Waals surface area contributed by atoms with Crippen LogP contribution in [0.15, 0.2) is 0 Å². The van der Waals surface area contributed by atoms with E-state index < -0.39 is 21.7 Å². The summed E-state index contributed by atoms with van der Waals surface area (Å²) in [7, 11) is -3.67. The van der Waals surface area contributed by atoms with Crippen LogP contribution in [0.1, 0.15) is 33.6 Å². The summed E-state index contributed by atoms with van der Waals surface area (Å²) in [6.45, 7) is 5.95. The highest BCUT2D eigenvalue weighted by Gasteiger charge is 2.50. The summed E-state index contributed by atoms with van der Waals surface area (Å²) in [6.07, 6.45) is 0.951. The van der Waals surface area contributed by atoms with Crippen molar-refractivity contribution in [3.63, 3.8) is 0 Å². The van der Waals surface area contributed by atoms with E-state index in [1.165, 1.54) is 11.2 Å². The first-order valence-corrected chi connectivity index (χ1v) is 7.21. The van der Waals surface area contributed by atoms with Crippen LogP contribution in [-0.2, 0) is 15.0 Å². The first-order chi connectivity index (χ1) is 7.80. The van der Waals surface area contributed by atoms with Gasteiger partial charge in [-0.25, -0.2) is 0 Å². The van der Waals surface area contributed by atoms with E-state index >= 15 is 0 Å². The lowest BCUT2D eigenvalue weighted by Crippen LogP contribution is -2.55. The number of rotatable bonds is 5. The van der Waals surface area contributed by atoms with Crippen molar-refractivity contribution in [2.75, 3.05) is 19.6 Å². The molecule has 0 aromatic carbocycles. The van der Waals surface area contributed by atoms with Crippen LogP contribution in [0.4, 0.5) is 0 Å². The van der Waals surface area contributed by atoms with Crippen LogP contribution >= 0.6 is 0 Å². The van der Waals surface area contributed by atoms with Crippen LogP contribution in [0.3, 0.4) is 0 Å². The van der Waals surface area contributed by atoms with Crippen molar-refractivity contribution in [2.45, 2.75) is 39.2 Å². The van der Waals surface area contributed by atoms with Crippen LogP contribution in [0, 0.1) is 0 Å². The molecule has 0 amide bonds. The minimum absolute atomic E-state index is 0.279. The summed E-state index contributed by atoms with van der Waals surface area (Å²) in [5.74, 6) is -1.08. The molecule has 1 rings (SSSR count). The highest BCUT2D eigenvalue weighted by atomic mass is 32.2. The molecule has 6 nitrogen and oxygen atoms in total. The van der Waals surface area contributed by atoms with Crippen molar-refractivity contribution in [3.05, 3.63) is 0 Å². The fourth-order valence-corrected chi connectivity index (χ4v) is 4.18. The first kappa shape index (κ1) is 14.4. The molecule has 0 radical (unpaired) electrons. The standard InChI is InChI=1S/C10H20N2O4S/c1-4-11(5-2)17(15,16)12-8-6-7-10(12,3)9(13)14/h4-8H2,1-3H3,(H,13,14). The molecule has 1 aliphatic rings. The molecule has 1 saturated heterocycles. The van der Waals surface area contributed by atoms with Gasteiger partial charge >= 0.3 is 5.97 Å². The molecule has 1 aliphatic heterocycles. The number of hydrogen-bond donors (Lipinski definition) is 1. The Morgan fingerprint density at radius 1 is 1.41 bits per heavy atom. The fraction of sp³-hybridized carbons (Fsp3) is 0.900. The molecule has 0 spiro atoms. The molecule has 0 bridgehead atoms. The first-order valence-electron chi connectivity index (χ1n) is 5.82. The maximum atomic E-state index is 12.3. The largest absolute Gasteiger partial charge is 0.480 e. The molecular weight excluding hydrogens is 244 g/mol. The Hall–Kier alpha value is -0.660. The van der Waals surface area contributed by atoms with Gasteiger partial charge in [-0.15, -0.1) is 0 Å². The van der Waals surface area contributed by atoms with Crippen LogP contribution in [0.25, 0.3) is 0 Å². The zero-order valence-corrected chi connectivity index (χ0v) is 11.3. The molecule has 17 heavy (non-hydrogen) atoms. The van der Waals surface area contributed by atoms with Gasteiger partial charge in [0.25, 0.3) is 10.2 Å². The molecule has 1 unspecified atom stereocenters. The van der Waals surface area contributed by atoms with E-state index in [4.69, 9.17) is 0 Å². The minimum atomic E-state index is -3.67. The Labute approximate surface area is 102 Å². The van der Waals surface area contributed by atoms with Crippen molar-refractivity contribution in [2.24, 2.45) is 0 Å². The van der Waals surface area contributed by atoms with E-state index in [9.17, 15) is 18.3 Å². The molecule has 1 fully saturated rings. The summed E-state index contributed by atoms with van der Waals surface area (Å²) in [4.78, 5) is 11.3. The topological polar surface area (TPSA) is 77.9 Å². The summed E-state index contributed by atoms with van der Waals surface area (Å²) < 4.78 is 27.0. The molecule has 100 valence electrons. The Morgan fingerprint density at radius 3 is 2.35 bits per heavy atom. The van der Waals surface area contributed by atoms with Gasteiger partial charge in [0.15, 0.2) is 0 Å². The number of hydrogen-bond acceptors (Lipinski definition) is 3. The van der Waals surface area contributed by atoms with Crippen molar-refractivity contribution in [1.82, 2.24) is 8.61 Å². The number of carbonyl (C=O) groups is 1. The summed E-state index contributed by atoms with van der Waals surface area (Å²) in [5, 5.41) is 9.21.